The molecule has 0 spiro atoms. The molecule has 7 nitrogen and oxygen atoms in total. The van der Waals surface area contributed by atoms with Crippen LogP contribution in [-0.4, -0.2) is 26.8 Å². The molecular weight excluding hydrogens is 474 g/mol. The van der Waals surface area contributed by atoms with Gasteiger partial charge in [0, 0.05) is 23.0 Å². The number of aromatic amines is 1. The van der Waals surface area contributed by atoms with E-state index in [2.05, 4.69) is 27.5 Å². The van der Waals surface area contributed by atoms with Gasteiger partial charge in [-0.2, -0.15) is 0 Å². The molecule has 194 valence electrons. The average Bonchev–Trinajstić information content (AvgIpc) is 3.32. The van der Waals surface area contributed by atoms with Gasteiger partial charge in [0.05, 0.1) is 16.4 Å². The summed E-state index contributed by atoms with van der Waals surface area (Å²) in [7, 11) is 0. The van der Waals surface area contributed by atoms with E-state index in [4.69, 9.17) is 4.98 Å². The Labute approximate surface area is 222 Å². The van der Waals surface area contributed by atoms with Crippen LogP contribution >= 0.6 is 0 Å². The fraction of sp³-hybridized carbons (Fsp3) is 0.355. The number of aryl methyl sites for hydroxylation is 1. The van der Waals surface area contributed by atoms with Crippen molar-refractivity contribution in [2.45, 2.75) is 52.4 Å². The zero-order chi connectivity index (χ0) is 26.3. The minimum atomic E-state index is -0.225. The molecule has 3 N–H and O–H groups in total. The quantitative estimate of drug-likeness (QED) is 0.279. The van der Waals surface area contributed by atoms with Gasteiger partial charge in [-0.3, -0.25) is 9.59 Å². The number of rotatable bonds is 5. The standard InChI is InChI=1S/C31H33N5O2/c1-19-11-13-32-27(15-19)36-29(37)23-7-10-25-26(16-23)35-28(34-25)22-5-8-24(9-6-22)33-30(38)31-12-3-4-21(18-31)14-20(2)17-31/h5-11,13,15-16,20-21H,3-4,12,14,17-18H2,1-2H3,(H,33,38)(H,34,35)(H,32,36,37)/t20-,21+,31?/m1/s1. The third-order valence-corrected chi connectivity index (χ3v) is 8.22. The number of carbonyl (C=O) groups excluding carboxylic acids is 2. The Hall–Kier alpha value is -4.00. The van der Waals surface area contributed by atoms with E-state index in [1.54, 1.807) is 18.3 Å². The molecule has 4 aromatic rings. The Morgan fingerprint density at radius 3 is 2.68 bits per heavy atom. The predicted molar refractivity (Wildman–Crippen MR) is 150 cm³/mol. The number of carbonyl (C=O) groups is 2. The maximum absolute atomic E-state index is 13.4. The van der Waals surface area contributed by atoms with Crippen LogP contribution in [-0.2, 0) is 4.79 Å². The highest BCUT2D eigenvalue weighted by Gasteiger charge is 2.46. The van der Waals surface area contributed by atoms with Gasteiger partial charge >= 0.3 is 0 Å². The summed E-state index contributed by atoms with van der Waals surface area (Å²) in [4.78, 5) is 38.4. The number of nitrogens with one attached hydrogen (secondary N) is 3. The van der Waals surface area contributed by atoms with Crippen molar-refractivity contribution >= 4 is 34.4 Å². The first-order valence-electron chi connectivity index (χ1n) is 13.5. The number of benzene rings is 2. The van der Waals surface area contributed by atoms with Crippen molar-refractivity contribution in [2.24, 2.45) is 17.3 Å². The third kappa shape index (κ3) is 4.80. The Balaban J connectivity index is 1.16. The van der Waals surface area contributed by atoms with E-state index in [1.807, 2.05) is 49.4 Å². The van der Waals surface area contributed by atoms with E-state index >= 15 is 0 Å². The first kappa shape index (κ1) is 24.3. The van der Waals surface area contributed by atoms with Crippen molar-refractivity contribution < 1.29 is 9.59 Å². The lowest BCUT2D eigenvalue weighted by Gasteiger charge is -2.46. The van der Waals surface area contributed by atoms with Gasteiger partial charge in [0.25, 0.3) is 5.91 Å². The normalized spacial score (nSPS) is 22.7. The SMILES string of the molecule is Cc1ccnc(NC(=O)c2ccc3nc(-c4ccc(NC(=O)C56CCC[C@@H](C[C@@H](C)C5)C6)cc4)[nH]c3c2)c1. The number of anilines is 2. The molecule has 6 rings (SSSR count). The Morgan fingerprint density at radius 2 is 1.87 bits per heavy atom. The molecule has 2 aromatic heterocycles. The summed E-state index contributed by atoms with van der Waals surface area (Å²) in [6.45, 7) is 4.25. The number of H-pyrrole nitrogens is 1. The van der Waals surface area contributed by atoms with E-state index in [0.29, 0.717) is 29.0 Å². The molecule has 38 heavy (non-hydrogen) atoms. The first-order valence-corrected chi connectivity index (χ1v) is 13.5. The van der Waals surface area contributed by atoms with Gasteiger partial charge in [-0.15, -0.1) is 0 Å². The van der Waals surface area contributed by atoms with Crippen molar-refractivity contribution in [1.82, 2.24) is 15.0 Å². The summed E-state index contributed by atoms with van der Waals surface area (Å²) < 4.78 is 0. The molecule has 0 aliphatic heterocycles. The Kier molecular flexibility index (Phi) is 6.22. The van der Waals surface area contributed by atoms with Gasteiger partial charge in [0.1, 0.15) is 11.6 Å². The van der Waals surface area contributed by atoms with Crippen molar-refractivity contribution in [3.63, 3.8) is 0 Å². The van der Waals surface area contributed by atoms with Crippen LogP contribution in [0.25, 0.3) is 22.4 Å². The molecule has 2 heterocycles. The number of hydrogen-bond donors (Lipinski definition) is 3. The summed E-state index contributed by atoms with van der Waals surface area (Å²) in [6, 6.07) is 16.9. The molecule has 2 saturated carbocycles. The monoisotopic (exact) mass is 507 g/mol. The van der Waals surface area contributed by atoms with Crippen molar-refractivity contribution in [2.75, 3.05) is 10.6 Å². The summed E-state index contributed by atoms with van der Waals surface area (Å²) >= 11 is 0. The van der Waals surface area contributed by atoms with Crippen LogP contribution in [0.4, 0.5) is 11.5 Å². The fourth-order valence-electron chi connectivity index (χ4n) is 6.55. The molecule has 2 aliphatic carbocycles. The topological polar surface area (TPSA) is 99.8 Å². The number of imidazole rings is 1. The molecule has 1 unspecified atom stereocenters. The lowest BCUT2D eigenvalue weighted by molar-refractivity contribution is -0.132. The lowest BCUT2D eigenvalue weighted by Crippen LogP contribution is -2.45. The predicted octanol–water partition coefficient (Wildman–Crippen LogP) is 6.73. The largest absolute Gasteiger partial charge is 0.338 e. The highest BCUT2D eigenvalue weighted by molar-refractivity contribution is 6.05. The number of amides is 2. The zero-order valence-corrected chi connectivity index (χ0v) is 21.9. The van der Waals surface area contributed by atoms with Crippen LogP contribution in [0, 0.1) is 24.2 Å². The van der Waals surface area contributed by atoms with Gasteiger partial charge in [0.15, 0.2) is 0 Å². The van der Waals surface area contributed by atoms with E-state index < -0.39 is 0 Å². The molecule has 3 atom stereocenters. The summed E-state index contributed by atoms with van der Waals surface area (Å²) in [5.41, 5.74) is 4.62. The van der Waals surface area contributed by atoms with Gasteiger partial charge in [-0.25, -0.2) is 9.97 Å². The highest BCUT2D eigenvalue weighted by atomic mass is 16.2. The summed E-state index contributed by atoms with van der Waals surface area (Å²) in [6.07, 6.45) is 8.38. The van der Waals surface area contributed by atoms with Gasteiger partial charge in [-0.05, 0) is 105 Å². The second-order valence-electron chi connectivity index (χ2n) is 11.3. The summed E-state index contributed by atoms with van der Waals surface area (Å²) in [5.74, 6) is 2.49. The summed E-state index contributed by atoms with van der Waals surface area (Å²) in [5, 5.41) is 6.05. The van der Waals surface area contributed by atoms with Crippen LogP contribution in [0.2, 0.25) is 0 Å². The second kappa shape index (κ2) is 9.71. The van der Waals surface area contributed by atoms with E-state index in [1.165, 1.54) is 12.8 Å². The van der Waals surface area contributed by atoms with Crippen LogP contribution in [0.5, 0.6) is 0 Å². The zero-order valence-electron chi connectivity index (χ0n) is 21.9. The Bertz CT molecular complexity index is 1500. The van der Waals surface area contributed by atoms with Gasteiger partial charge in [0.2, 0.25) is 5.91 Å². The molecule has 2 bridgehead atoms. The van der Waals surface area contributed by atoms with Crippen molar-refractivity contribution in [3.8, 4) is 11.4 Å². The molecule has 0 saturated heterocycles. The van der Waals surface area contributed by atoms with E-state index in [-0.39, 0.29) is 17.2 Å². The minimum Gasteiger partial charge on any atom is -0.338 e. The molecule has 7 heteroatoms. The number of fused-ring (bicyclic) bond motifs is 3. The number of aromatic nitrogens is 3. The van der Waals surface area contributed by atoms with E-state index in [0.717, 1.165) is 53.5 Å². The smallest absolute Gasteiger partial charge is 0.256 e. The molecule has 2 fully saturated rings. The highest BCUT2D eigenvalue weighted by Crippen LogP contribution is 2.51. The number of pyridine rings is 1. The molecule has 2 aromatic carbocycles. The van der Waals surface area contributed by atoms with Gasteiger partial charge in [-0.1, -0.05) is 19.8 Å². The van der Waals surface area contributed by atoms with Crippen LogP contribution in [0.3, 0.4) is 0 Å². The third-order valence-electron chi connectivity index (χ3n) is 8.22. The maximum atomic E-state index is 13.4. The number of hydrogen-bond acceptors (Lipinski definition) is 4. The first-order chi connectivity index (χ1) is 18.4. The van der Waals surface area contributed by atoms with Crippen LogP contribution in [0.15, 0.2) is 60.8 Å². The van der Waals surface area contributed by atoms with Crippen LogP contribution in [0.1, 0.15) is 61.4 Å². The second-order valence-corrected chi connectivity index (χ2v) is 11.3. The van der Waals surface area contributed by atoms with Gasteiger partial charge < -0.3 is 15.6 Å². The average molecular weight is 508 g/mol. The number of nitrogens with zero attached hydrogens (tertiary/aromatic N) is 2. The van der Waals surface area contributed by atoms with Crippen molar-refractivity contribution in [3.05, 3.63) is 71.9 Å². The Morgan fingerprint density at radius 1 is 1.03 bits per heavy atom. The van der Waals surface area contributed by atoms with E-state index in [9.17, 15) is 9.59 Å². The fourth-order valence-corrected chi connectivity index (χ4v) is 6.55. The molecule has 0 radical (unpaired) electrons. The molecule has 2 aliphatic rings. The molecular formula is C31H33N5O2. The lowest BCUT2D eigenvalue weighted by atomic mass is 9.59. The van der Waals surface area contributed by atoms with Crippen LogP contribution < -0.4 is 10.6 Å². The molecule has 2 amide bonds. The van der Waals surface area contributed by atoms with Crippen molar-refractivity contribution in [1.29, 1.82) is 0 Å². The maximum Gasteiger partial charge on any atom is 0.256 e. The minimum absolute atomic E-state index is 0.178.